The van der Waals surface area contributed by atoms with E-state index in [4.69, 9.17) is 0 Å². The molecule has 2 heterocycles. The first kappa shape index (κ1) is 12.7. The maximum Gasteiger partial charge on any atom is 0.152 e. The van der Waals surface area contributed by atoms with E-state index >= 15 is 0 Å². The molecule has 3 rings (SSSR count). The molecule has 0 saturated carbocycles. The van der Waals surface area contributed by atoms with Crippen molar-refractivity contribution in [2.45, 2.75) is 26.9 Å². The number of carbonyl (C=O) groups excluding carboxylic acids is 1. The molecule has 0 unspecified atom stereocenters. The first-order valence-corrected chi connectivity index (χ1v) is 6.79. The number of carbonyl (C=O) groups is 1. The van der Waals surface area contributed by atoms with E-state index in [9.17, 15) is 4.79 Å². The van der Waals surface area contributed by atoms with Crippen LogP contribution in [-0.4, -0.2) is 20.6 Å². The Morgan fingerprint density at radius 2 is 2.10 bits per heavy atom. The van der Waals surface area contributed by atoms with E-state index in [-0.39, 0.29) is 0 Å². The second kappa shape index (κ2) is 4.96. The molecule has 4 heteroatoms. The molecule has 0 amide bonds. The Labute approximate surface area is 117 Å². The summed E-state index contributed by atoms with van der Waals surface area (Å²) in [5.41, 5.74) is 3.99. The Bertz CT molecular complexity index is 767. The quantitative estimate of drug-likeness (QED) is 0.682. The molecule has 0 saturated heterocycles. The maximum absolute atomic E-state index is 11.2. The van der Waals surface area contributed by atoms with Gasteiger partial charge in [-0.1, -0.05) is 18.2 Å². The monoisotopic (exact) mass is 267 g/mol. The minimum atomic E-state index is 0.725. The van der Waals surface area contributed by atoms with Gasteiger partial charge in [-0.25, -0.2) is 0 Å². The van der Waals surface area contributed by atoms with E-state index in [0.717, 1.165) is 47.2 Å². The van der Waals surface area contributed by atoms with Crippen LogP contribution in [0.3, 0.4) is 0 Å². The predicted molar refractivity (Wildman–Crippen MR) is 79.1 cm³/mol. The third-order valence-electron chi connectivity index (χ3n) is 3.56. The first-order chi connectivity index (χ1) is 9.72. The van der Waals surface area contributed by atoms with Crippen molar-refractivity contribution in [3.05, 3.63) is 53.5 Å². The molecule has 0 bridgehead atoms. The molecule has 0 spiro atoms. The maximum atomic E-state index is 11.2. The standard InChI is InChI=1S/C16H17N3O/c1-3-19-14(8-12(2)17-19)10-18-9-13(11-20)15-6-4-5-7-16(15)18/h4-9,11H,3,10H2,1-2H3. The molecule has 0 N–H and O–H groups in total. The molecule has 0 aliphatic rings. The Hall–Kier alpha value is -2.36. The van der Waals surface area contributed by atoms with Crippen molar-refractivity contribution in [1.29, 1.82) is 0 Å². The average Bonchev–Trinajstić information content (AvgIpc) is 3.00. The zero-order chi connectivity index (χ0) is 14.1. The van der Waals surface area contributed by atoms with Crippen LogP contribution < -0.4 is 0 Å². The van der Waals surface area contributed by atoms with Crippen molar-refractivity contribution >= 4 is 17.2 Å². The lowest BCUT2D eigenvalue weighted by molar-refractivity contribution is 0.112. The van der Waals surface area contributed by atoms with Crippen LogP contribution in [0.1, 0.15) is 28.7 Å². The smallest absolute Gasteiger partial charge is 0.152 e. The molecular weight excluding hydrogens is 250 g/mol. The highest BCUT2D eigenvalue weighted by Gasteiger charge is 2.10. The largest absolute Gasteiger partial charge is 0.341 e. The SMILES string of the molecule is CCn1nc(C)cc1Cn1cc(C=O)c2ccccc21. The molecule has 2 aromatic heterocycles. The number of benzene rings is 1. The van der Waals surface area contributed by atoms with Gasteiger partial charge in [0.05, 0.1) is 17.9 Å². The summed E-state index contributed by atoms with van der Waals surface area (Å²) < 4.78 is 4.12. The van der Waals surface area contributed by atoms with Crippen molar-refractivity contribution in [2.75, 3.05) is 0 Å². The van der Waals surface area contributed by atoms with Gasteiger partial charge in [-0.3, -0.25) is 9.48 Å². The third-order valence-corrected chi connectivity index (χ3v) is 3.56. The fourth-order valence-corrected chi connectivity index (χ4v) is 2.67. The minimum Gasteiger partial charge on any atom is -0.341 e. The number of aryl methyl sites for hydroxylation is 2. The lowest BCUT2D eigenvalue weighted by atomic mass is 10.2. The van der Waals surface area contributed by atoms with Crippen LogP contribution in [0.25, 0.3) is 10.9 Å². The van der Waals surface area contributed by atoms with Crippen molar-refractivity contribution in [3.8, 4) is 0 Å². The fraction of sp³-hybridized carbons (Fsp3) is 0.250. The van der Waals surface area contributed by atoms with Crippen molar-refractivity contribution < 1.29 is 4.79 Å². The van der Waals surface area contributed by atoms with Gasteiger partial charge in [-0.05, 0) is 26.0 Å². The van der Waals surface area contributed by atoms with E-state index < -0.39 is 0 Å². The van der Waals surface area contributed by atoms with Gasteiger partial charge in [0.25, 0.3) is 0 Å². The Balaban J connectivity index is 2.08. The summed E-state index contributed by atoms with van der Waals surface area (Å²) in [6.45, 7) is 5.66. The van der Waals surface area contributed by atoms with E-state index in [1.165, 1.54) is 0 Å². The Morgan fingerprint density at radius 1 is 1.30 bits per heavy atom. The average molecular weight is 267 g/mol. The number of nitrogens with zero attached hydrogens (tertiary/aromatic N) is 3. The van der Waals surface area contributed by atoms with Crippen LogP contribution in [0.2, 0.25) is 0 Å². The van der Waals surface area contributed by atoms with Gasteiger partial charge >= 0.3 is 0 Å². The van der Waals surface area contributed by atoms with Gasteiger partial charge < -0.3 is 4.57 Å². The normalized spacial score (nSPS) is 11.1. The van der Waals surface area contributed by atoms with E-state index in [2.05, 4.69) is 22.7 Å². The zero-order valence-corrected chi connectivity index (χ0v) is 11.7. The second-order valence-corrected chi connectivity index (χ2v) is 4.94. The van der Waals surface area contributed by atoms with Gasteiger partial charge in [-0.2, -0.15) is 5.10 Å². The van der Waals surface area contributed by atoms with Crippen LogP contribution in [0.4, 0.5) is 0 Å². The molecular formula is C16H17N3O. The van der Waals surface area contributed by atoms with Crippen molar-refractivity contribution in [3.63, 3.8) is 0 Å². The molecule has 3 aromatic rings. The summed E-state index contributed by atoms with van der Waals surface area (Å²) in [7, 11) is 0. The number of aromatic nitrogens is 3. The molecule has 0 atom stereocenters. The van der Waals surface area contributed by atoms with Gasteiger partial charge in [0.2, 0.25) is 0 Å². The predicted octanol–water partition coefficient (Wildman–Crippen LogP) is 3.03. The highest BCUT2D eigenvalue weighted by molar-refractivity contribution is 5.97. The summed E-state index contributed by atoms with van der Waals surface area (Å²) in [6, 6.07) is 10.1. The molecule has 0 fully saturated rings. The van der Waals surface area contributed by atoms with Gasteiger partial charge in [0.1, 0.15) is 0 Å². The van der Waals surface area contributed by atoms with E-state index in [1.807, 2.05) is 42.1 Å². The van der Waals surface area contributed by atoms with Gasteiger partial charge in [0, 0.05) is 29.2 Å². The molecule has 0 aliphatic heterocycles. The molecule has 4 nitrogen and oxygen atoms in total. The Morgan fingerprint density at radius 3 is 2.85 bits per heavy atom. The highest BCUT2D eigenvalue weighted by Crippen LogP contribution is 2.21. The number of hydrogen-bond donors (Lipinski definition) is 0. The van der Waals surface area contributed by atoms with Crippen molar-refractivity contribution in [2.24, 2.45) is 0 Å². The minimum absolute atomic E-state index is 0.725. The summed E-state index contributed by atoms with van der Waals surface area (Å²) in [5.74, 6) is 0. The fourth-order valence-electron chi connectivity index (χ4n) is 2.67. The van der Waals surface area contributed by atoms with Crippen LogP contribution in [0.5, 0.6) is 0 Å². The number of rotatable bonds is 4. The van der Waals surface area contributed by atoms with Gasteiger partial charge in [-0.15, -0.1) is 0 Å². The molecule has 1 aromatic carbocycles. The second-order valence-electron chi connectivity index (χ2n) is 4.94. The lowest BCUT2D eigenvalue weighted by Gasteiger charge is -2.07. The number of fused-ring (bicyclic) bond motifs is 1. The lowest BCUT2D eigenvalue weighted by Crippen LogP contribution is -2.07. The summed E-state index contributed by atoms with van der Waals surface area (Å²) in [5, 5.41) is 5.47. The van der Waals surface area contributed by atoms with E-state index in [1.54, 1.807) is 0 Å². The van der Waals surface area contributed by atoms with Crippen LogP contribution in [-0.2, 0) is 13.1 Å². The summed E-state index contributed by atoms with van der Waals surface area (Å²) >= 11 is 0. The molecule has 102 valence electrons. The van der Waals surface area contributed by atoms with Crippen LogP contribution in [0, 0.1) is 6.92 Å². The molecule has 0 radical (unpaired) electrons. The summed E-state index contributed by atoms with van der Waals surface area (Å²) in [4.78, 5) is 11.2. The van der Waals surface area contributed by atoms with E-state index in [0.29, 0.717) is 0 Å². The number of hydrogen-bond acceptors (Lipinski definition) is 2. The highest BCUT2D eigenvalue weighted by atomic mass is 16.1. The van der Waals surface area contributed by atoms with Crippen LogP contribution in [0.15, 0.2) is 36.5 Å². The number of aldehydes is 1. The zero-order valence-electron chi connectivity index (χ0n) is 11.7. The van der Waals surface area contributed by atoms with Crippen LogP contribution >= 0.6 is 0 Å². The van der Waals surface area contributed by atoms with Gasteiger partial charge in [0.15, 0.2) is 6.29 Å². The van der Waals surface area contributed by atoms with Crippen molar-refractivity contribution in [1.82, 2.24) is 14.3 Å². The molecule has 20 heavy (non-hydrogen) atoms. The molecule has 0 aliphatic carbocycles. The summed E-state index contributed by atoms with van der Waals surface area (Å²) in [6.07, 6.45) is 2.83. The third kappa shape index (κ3) is 2.03. The Kier molecular flexibility index (Phi) is 3.14. The topological polar surface area (TPSA) is 39.8 Å². The number of para-hydroxylation sites is 1. The first-order valence-electron chi connectivity index (χ1n) is 6.79.